The second-order valence-corrected chi connectivity index (χ2v) is 7.14. The first-order valence-electron chi connectivity index (χ1n) is 5.00. The summed E-state index contributed by atoms with van der Waals surface area (Å²) in [5, 5.41) is 1.24. The van der Waals surface area contributed by atoms with Crippen LogP contribution in [-0.2, 0) is 6.42 Å². The van der Waals surface area contributed by atoms with Crippen molar-refractivity contribution in [2.75, 3.05) is 0 Å². The van der Waals surface area contributed by atoms with Crippen LogP contribution in [0.5, 0.6) is 0 Å². The lowest BCUT2D eigenvalue weighted by Gasteiger charge is -2.11. The SMILES string of the molecule is NC(Cc1ccc(Br)s1)c1cc(Cl)cc(Cl)c1. The van der Waals surface area contributed by atoms with Crippen LogP contribution >= 0.6 is 50.5 Å². The van der Waals surface area contributed by atoms with Crippen LogP contribution in [0.25, 0.3) is 0 Å². The van der Waals surface area contributed by atoms with Gasteiger partial charge in [0.15, 0.2) is 0 Å². The lowest BCUT2D eigenvalue weighted by atomic mass is 10.0. The second kappa shape index (κ2) is 5.72. The van der Waals surface area contributed by atoms with E-state index in [1.165, 1.54) is 4.88 Å². The molecule has 0 aliphatic rings. The Kier molecular flexibility index (Phi) is 4.50. The van der Waals surface area contributed by atoms with Gasteiger partial charge in [-0.15, -0.1) is 11.3 Å². The predicted molar refractivity (Wildman–Crippen MR) is 79.1 cm³/mol. The largest absolute Gasteiger partial charge is 0.324 e. The maximum absolute atomic E-state index is 6.15. The molecule has 1 heterocycles. The second-order valence-electron chi connectivity index (χ2n) is 3.72. The summed E-state index contributed by atoms with van der Waals surface area (Å²) >= 11 is 17.0. The van der Waals surface area contributed by atoms with E-state index in [1.807, 2.05) is 18.2 Å². The first kappa shape index (κ1) is 13.4. The fraction of sp³-hybridized carbons (Fsp3) is 0.167. The maximum Gasteiger partial charge on any atom is 0.0701 e. The summed E-state index contributed by atoms with van der Waals surface area (Å²) < 4.78 is 1.11. The van der Waals surface area contributed by atoms with Crippen LogP contribution in [0.3, 0.4) is 0 Å². The number of nitrogens with two attached hydrogens (primary N) is 1. The summed E-state index contributed by atoms with van der Waals surface area (Å²) in [4.78, 5) is 1.24. The van der Waals surface area contributed by atoms with E-state index in [0.717, 1.165) is 15.8 Å². The van der Waals surface area contributed by atoms with Crippen LogP contribution in [-0.4, -0.2) is 0 Å². The molecule has 5 heteroatoms. The van der Waals surface area contributed by atoms with Gasteiger partial charge in [0.2, 0.25) is 0 Å². The standard InChI is InChI=1S/C12H10BrCl2NS/c13-12-2-1-10(17-12)6-11(16)7-3-8(14)5-9(15)4-7/h1-5,11H,6,16H2. The minimum absolute atomic E-state index is 0.0863. The predicted octanol–water partition coefficient (Wildman–Crippen LogP) is 5.06. The Morgan fingerprint density at radius 2 is 1.82 bits per heavy atom. The summed E-state index contributed by atoms with van der Waals surface area (Å²) in [6, 6.07) is 9.44. The van der Waals surface area contributed by atoms with Crippen molar-refractivity contribution in [3.05, 3.63) is 54.6 Å². The molecule has 90 valence electrons. The van der Waals surface area contributed by atoms with E-state index in [-0.39, 0.29) is 6.04 Å². The highest BCUT2D eigenvalue weighted by atomic mass is 79.9. The molecule has 0 amide bonds. The number of rotatable bonds is 3. The lowest BCUT2D eigenvalue weighted by Crippen LogP contribution is -2.12. The monoisotopic (exact) mass is 349 g/mol. The molecule has 0 aliphatic heterocycles. The Morgan fingerprint density at radius 1 is 1.18 bits per heavy atom. The van der Waals surface area contributed by atoms with Crippen LogP contribution in [0.4, 0.5) is 0 Å². The Morgan fingerprint density at radius 3 is 2.35 bits per heavy atom. The van der Waals surface area contributed by atoms with Crippen molar-refractivity contribution in [1.82, 2.24) is 0 Å². The molecule has 2 N–H and O–H groups in total. The van der Waals surface area contributed by atoms with Gasteiger partial charge < -0.3 is 5.73 Å². The fourth-order valence-corrected chi connectivity index (χ4v) is 3.67. The molecule has 0 aliphatic carbocycles. The van der Waals surface area contributed by atoms with E-state index in [0.29, 0.717) is 10.0 Å². The average molecular weight is 351 g/mol. The number of thiophene rings is 1. The molecular weight excluding hydrogens is 341 g/mol. The molecule has 2 aromatic rings. The summed E-state index contributed by atoms with van der Waals surface area (Å²) in [6.45, 7) is 0. The molecule has 0 bridgehead atoms. The third kappa shape index (κ3) is 3.70. The van der Waals surface area contributed by atoms with Crippen LogP contribution in [0.1, 0.15) is 16.5 Å². The van der Waals surface area contributed by atoms with Crippen LogP contribution in [0.15, 0.2) is 34.1 Å². The number of hydrogen-bond acceptors (Lipinski definition) is 2. The Hall–Kier alpha value is -0.0600. The van der Waals surface area contributed by atoms with Crippen molar-refractivity contribution in [3.8, 4) is 0 Å². The molecule has 17 heavy (non-hydrogen) atoms. The van der Waals surface area contributed by atoms with Crippen molar-refractivity contribution in [2.24, 2.45) is 5.73 Å². The Labute approximate surface area is 123 Å². The molecule has 1 nitrogen and oxygen atoms in total. The first-order valence-corrected chi connectivity index (χ1v) is 7.37. The van der Waals surface area contributed by atoms with E-state index >= 15 is 0 Å². The van der Waals surface area contributed by atoms with Gasteiger partial charge in [-0.25, -0.2) is 0 Å². The van der Waals surface area contributed by atoms with Gasteiger partial charge >= 0.3 is 0 Å². The highest BCUT2D eigenvalue weighted by Crippen LogP contribution is 2.28. The van der Waals surface area contributed by atoms with E-state index in [9.17, 15) is 0 Å². The summed E-state index contributed by atoms with van der Waals surface area (Å²) in [5.74, 6) is 0. The molecule has 0 radical (unpaired) electrons. The van der Waals surface area contributed by atoms with Gasteiger partial charge in [0, 0.05) is 27.4 Å². The minimum atomic E-state index is -0.0863. The third-order valence-electron chi connectivity index (χ3n) is 2.36. The summed E-state index contributed by atoms with van der Waals surface area (Å²) in [6.07, 6.45) is 0.785. The zero-order chi connectivity index (χ0) is 12.4. The van der Waals surface area contributed by atoms with Crippen LogP contribution in [0.2, 0.25) is 10.0 Å². The number of hydrogen-bond donors (Lipinski definition) is 1. The Bertz CT molecular complexity index is 507. The van der Waals surface area contributed by atoms with Crippen LogP contribution in [0, 0.1) is 0 Å². The van der Waals surface area contributed by atoms with Crippen molar-refractivity contribution in [3.63, 3.8) is 0 Å². The molecule has 1 unspecified atom stereocenters. The molecule has 0 saturated heterocycles. The fourth-order valence-electron chi connectivity index (χ4n) is 1.59. The molecule has 1 aromatic heterocycles. The first-order chi connectivity index (χ1) is 8.04. The highest BCUT2D eigenvalue weighted by molar-refractivity contribution is 9.11. The molecular formula is C12H10BrCl2NS. The molecule has 2 rings (SSSR count). The van der Waals surface area contributed by atoms with Crippen LogP contribution < -0.4 is 5.73 Å². The third-order valence-corrected chi connectivity index (χ3v) is 4.45. The summed E-state index contributed by atoms with van der Waals surface area (Å²) in [7, 11) is 0. The zero-order valence-corrected chi connectivity index (χ0v) is 12.7. The normalized spacial score (nSPS) is 12.7. The maximum atomic E-state index is 6.15. The van der Waals surface area contributed by atoms with Gasteiger partial charge in [-0.2, -0.15) is 0 Å². The zero-order valence-electron chi connectivity index (χ0n) is 8.79. The quantitative estimate of drug-likeness (QED) is 0.822. The number of halogens is 3. The van der Waals surface area contributed by atoms with Crippen molar-refractivity contribution in [1.29, 1.82) is 0 Å². The number of benzene rings is 1. The summed E-state index contributed by atoms with van der Waals surface area (Å²) in [5.41, 5.74) is 7.11. The lowest BCUT2D eigenvalue weighted by molar-refractivity contribution is 0.730. The van der Waals surface area contributed by atoms with Gasteiger partial charge in [-0.05, 0) is 51.8 Å². The smallest absolute Gasteiger partial charge is 0.0701 e. The Balaban J connectivity index is 2.16. The van der Waals surface area contributed by atoms with Gasteiger partial charge in [0.1, 0.15) is 0 Å². The molecule has 0 fully saturated rings. The average Bonchev–Trinajstić information content (AvgIpc) is 2.62. The van der Waals surface area contributed by atoms with Gasteiger partial charge in [0.05, 0.1) is 3.79 Å². The molecule has 1 atom stereocenters. The molecule has 0 saturated carbocycles. The van der Waals surface area contributed by atoms with E-state index < -0.39 is 0 Å². The highest BCUT2D eigenvalue weighted by Gasteiger charge is 2.10. The van der Waals surface area contributed by atoms with Gasteiger partial charge in [-0.1, -0.05) is 23.2 Å². The van der Waals surface area contributed by atoms with Crippen molar-refractivity contribution in [2.45, 2.75) is 12.5 Å². The minimum Gasteiger partial charge on any atom is -0.324 e. The van der Waals surface area contributed by atoms with E-state index in [1.54, 1.807) is 17.4 Å². The van der Waals surface area contributed by atoms with Crippen molar-refractivity contribution >= 4 is 50.5 Å². The van der Waals surface area contributed by atoms with Gasteiger partial charge in [-0.3, -0.25) is 0 Å². The molecule has 1 aromatic carbocycles. The van der Waals surface area contributed by atoms with E-state index in [2.05, 4.69) is 22.0 Å². The van der Waals surface area contributed by atoms with Crippen molar-refractivity contribution < 1.29 is 0 Å². The van der Waals surface area contributed by atoms with E-state index in [4.69, 9.17) is 28.9 Å². The van der Waals surface area contributed by atoms with Gasteiger partial charge in [0.25, 0.3) is 0 Å². The topological polar surface area (TPSA) is 26.0 Å². The molecule has 0 spiro atoms.